The number of hydrogen-bond acceptors (Lipinski definition) is 3. The predicted octanol–water partition coefficient (Wildman–Crippen LogP) is 4.95. The van der Waals surface area contributed by atoms with Crippen molar-refractivity contribution >= 4 is 16.9 Å². The first kappa shape index (κ1) is 17.7. The van der Waals surface area contributed by atoms with E-state index in [9.17, 15) is 9.59 Å². The summed E-state index contributed by atoms with van der Waals surface area (Å²) >= 11 is 0. The Morgan fingerprint density at radius 3 is 2.25 bits per heavy atom. The van der Waals surface area contributed by atoms with Crippen molar-refractivity contribution in [1.82, 2.24) is 5.32 Å². The van der Waals surface area contributed by atoms with E-state index in [0.717, 1.165) is 16.7 Å². The maximum atomic E-state index is 12.6. The van der Waals surface area contributed by atoms with Gasteiger partial charge in [0.1, 0.15) is 5.58 Å². The maximum Gasteiger partial charge on any atom is 0.287 e. The van der Waals surface area contributed by atoms with E-state index in [4.69, 9.17) is 4.42 Å². The Hall–Kier alpha value is -3.66. The molecule has 1 heterocycles. The Morgan fingerprint density at radius 2 is 1.50 bits per heavy atom. The molecule has 0 fully saturated rings. The molecule has 3 aromatic carbocycles. The number of fused-ring (bicyclic) bond motifs is 1. The van der Waals surface area contributed by atoms with Gasteiger partial charge >= 0.3 is 0 Å². The zero-order chi connectivity index (χ0) is 19.5. The lowest BCUT2D eigenvalue weighted by Crippen LogP contribution is -2.27. The highest BCUT2D eigenvalue weighted by Gasteiger charge is 2.15. The van der Waals surface area contributed by atoms with Gasteiger partial charge in [-0.1, -0.05) is 66.7 Å². The number of carbonyl (C=O) groups is 1. The number of benzene rings is 3. The molecule has 1 aromatic heterocycles. The Kier molecular flexibility index (Phi) is 4.77. The molecule has 0 saturated heterocycles. The first-order chi connectivity index (χ1) is 13.6. The monoisotopic (exact) mass is 369 g/mol. The lowest BCUT2D eigenvalue weighted by atomic mass is 10.0. The summed E-state index contributed by atoms with van der Waals surface area (Å²) in [6, 6.07) is 26.1. The van der Waals surface area contributed by atoms with Crippen LogP contribution in [-0.4, -0.2) is 5.91 Å². The van der Waals surface area contributed by atoms with E-state index in [1.165, 1.54) is 6.07 Å². The molecule has 0 aliphatic carbocycles. The zero-order valence-electron chi connectivity index (χ0n) is 15.4. The Morgan fingerprint density at radius 1 is 0.857 bits per heavy atom. The summed E-state index contributed by atoms with van der Waals surface area (Å²) in [6.45, 7) is 1.90. The van der Waals surface area contributed by atoms with Gasteiger partial charge in [-0.3, -0.25) is 9.59 Å². The van der Waals surface area contributed by atoms with Gasteiger partial charge < -0.3 is 9.73 Å². The number of rotatable bonds is 4. The minimum absolute atomic E-state index is 0.0106. The molecular formula is C24H19NO3. The predicted molar refractivity (Wildman–Crippen MR) is 110 cm³/mol. The van der Waals surface area contributed by atoms with Crippen molar-refractivity contribution in [3.05, 3.63) is 106 Å². The molecule has 1 N–H and O–H groups in total. The summed E-state index contributed by atoms with van der Waals surface area (Å²) in [5.74, 6) is -0.404. The second kappa shape index (κ2) is 7.53. The summed E-state index contributed by atoms with van der Waals surface area (Å²) in [5, 5.41) is 3.35. The van der Waals surface area contributed by atoms with Gasteiger partial charge in [-0.25, -0.2) is 0 Å². The molecule has 0 spiro atoms. The van der Waals surface area contributed by atoms with Gasteiger partial charge in [-0.15, -0.1) is 0 Å². The summed E-state index contributed by atoms with van der Waals surface area (Å²) in [5.41, 5.74) is 3.40. The Labute approximate surface area is 162 Å². The molecule has 28 heavy (non-hydrogen) atoms. The molecular weight excluding hydrogens is 350 g/mol. The Bertz CT molecular complexity index is 1180. The minimum Gasteiger partial charge on any atom is -0.451 e. The van der Waals surface area contributed by atoms with Crippen LogP contribution in [0.2, 0.25) is 0 Å². The lowest BCUT2D eigenvalue weighted by Gasteiger charge is -2.14. The van der Waals surface area contributed by atoms with Crippen LogP contribution < -0.4 is 10.7 Å². The molecule has 0 bridgehead atoms. The van der Waals surface area contributed by atoms with E-state index < -0.39 is 5.91 Å². The Balaban J connectivity index is 1.52. The molecule has 138 valence electrons. The SMILES string of the molecule is C[C@H](NC(=O)c1cc(=O)c2ccccc2o1)c1ccc(-c2ccccc2)cc1. The van der Waals surface area contributed by atoms with Crippen LogP contribution in [0.15, 0.2) is 94.1 Å². The maximum absolute atomic E-state index is 12.6. The summed E-state index contributed by atoms with van der Waals surface area (Å²) in [7, 11) is 0. The third-order valence-corrected chi connectivity index (χ3v) is 4.72. The molecule has 4 rings (SSSR count). The first-order valence-corrected chi connectivity index (χ1v) is 9.11. The van der Waals surface area contributed by atoms with Crippen molar-refractivity contribution in [3.8, 4) is 11.1 Å². The van der Waals surface area contributed by atoms with Crippen molar-refractivity contribution in [1.29, 1.82) is 0 Å². The molecule has 0 saturated carbocycles. The fourth-order valence-electron chi connectivity index (χ4n) is 3.16. The van der Waals surface area contributed by atoms with E-state index in [0.29, 0.717) is 11.0 Å². The van der Waals surface area contributed by atoms with Gasteiger partial charge in [0.25, 0.3) is 5.91 Å². The van der Waals surface area contributed by atoms with Crippen LogP contribution in [0.5, 0.6) is 0 Å². The standard InChI is InChI=1S/C24H19NO3/c1-16(17-11-13-19(14-12-17)18-7-3-2-4-8-18)25-24(27)23-15-21(26)20-9-5-6-10-22(20)28-23/h2-16H,1H3,(H,25,27)/t16-/m0/s1. The van der Waals surface area contributed by atoms with E-state index >= 15 is 0 Å². The number of amides is 1. The van der Waals surface area contributed by atoms with Crippen molar-refractivity contribution < 1.29 is 9.21 Å². The van der Waals surface area contributed by atoms with Crippen LogP contribution in [0, 0.1) is 0 Å². The highest BCUT2D eigenvalue weighted by Crippen LogP contribution is 2.22. The number of para-hydroxylation sites is 1. The van der Waals surface area contributed by atoms with E-state index in [1.807, 2.05) is 49.4 Å². The third kappa shape index (κ3) is 3.58. The van der Waals surface area contributed by atoms with Crippen LogP contribution >= 0.6 is 0 Å². The van der Waals surface area contributed by atoms with Gasteiger partial charge in [0.2, 0.25) is 0 Å². The number of carbonyl (C=O) groups excluding carboxylic acids is 1. The first-order valence-electron chi connectivity index (χ1n) is 9.11. The van der Waals surface area contributed by atoms with Crippen molar-refractivity contribution in [3.63, 3.8) is 0 Å². The van der Waals surface area contributed by atoms with Gasteiger partial charge in [-0.05, 0) is 35.7 Å². The van der Waals surface area contributed by atoms with Crippen LogP contribution in [0.25, 0.3) is 22.1 Å². The van der Waals surface area contributed by atoms with Crippen molar-refractivity contribution in [2.24, 2.45) is 0 Å². The molecule has 0 aliphatic heterocycles. The highest BCUT2D eigenvalue weighted by atomic mass is 16.3. The van der Waals surface area contributed by atoms with Crippen molar-refractivity contribution in [2.45, 2.75) is 13.0 Å². The average Bonchev–Trinajstić information content (AvgIpc) is 2.74. The van der Waals surface area contributed by atoms with Crippen molar-refractivity contribution in [2.75, 3.05) is 0 Å². The van der Waals surface area contributed by atoms with Gasteiger partial charge in [0.05, 0.1) is 11.4 Å². The van der Waals surface area contributed by atoms with Crippen LogP contribution in [-0.2, 0) is 0 Å². The molecule has 1 atom stereocenters. The smallest absolute Gasteiger partial charge is 0.287 e. The zero-order valence-corrected chi connectivity index (χ0v) is 15.4. The largest absolute Gasteiger partial charge is 0.451 e. The fraction of sp³-hybridized carbons (Fsp3) is 0.0833. The number of hydrogen-bond donors (Lipinski definition) is 1. The summed E-state index contributed by atoms with van der Waals surface area (Å²) in [6.07, 6.45) is 0. The second-order valence-electron chi connectivity index (χ2n) is 6.65. The second-order valence-corrected chi connectivity index (χ2v) is 6.65. The molecule has 0 unspecified atom stereocenters. The highest BCUT2D eigenvalue weighted by molar-refractivity contribution is 5.93. The fourth-order valence-corrected chi connectivity index (χ4v) is 3.16. The average molecular weight is 369 g/mol. The minimum atomic E-state index is -0.414. The van der Waals surface area contributed by atoms with E-state index in [1.54, 1.807) is 24.3 Å². The van der Waals surface area contributed by atoms with E-state index in [-0.39, 0.29) is 17.2 Å². The summed E-state index contributed by atoms with van der Waals surface area (Å²) < 4.78 is 5.61. The normalized spacial score (nSPS) is 11.9. The summed E-state index contributed by atoms with van der Waals surface area (Å²) in [4.78, 5) is 24.8. The topological polar surface area (TPSA) is 59.3 Å². The molecule has 4 aromatic rings. The molecule has 4 heteroatoms. The van der Waals surface area contributed by atoms with Gasteiger partial charge in [0.15, 0.2) is 11.2 Å². The molecule has 0 radical (unpaired) electrons. The van der Waals surface area contributed by atoms with Crippen LogP contribution in [0.1, 0.15) is 29.1 Å². The van der Waals surface area contributed by atoms with Crippen LogP contribution in [0.4, 0.5) is 0 Å². The lowest BCUT2D eigenvalue weighted by molar-refractivity contribution is 0.0912. The molecule has 4 nitrogen and oxygen atoms in total. The molecule has 0 aliphatic rings. The van der Waals surface area contributed by atoms with Gasteiger partial charge in [0, 0.05) is 6.07 Å². The quantitative estimate of drug-likeness (QED) is 0.554. The third-order valence-electron chi connectivity index (χ3n) is 4.72. The molecule has 1 amide bonds. The van der Waals surface area contributed by atoms with E-state index in [2.05, 4.69) is 17.4 Å². The van der Waals surface area contributed by atoms with Crippen LogP contribution in [0.3, 0.4) is 0 Å². The van der Waals surface area contributed by atoms with Gasteiger partial charge in [-0.2, -0.15) is 0 Å². The number of nitrogens with one attached hydrogen (secondary N) is 1.